The van der Waals surface area contributed by atoms with Crippen LogP contribution in [0, 0.1) is 0 Å². The van der Waals surface area contributed by atoms with Gasteiger partial charge in [0, 0.05) is 57.0 Å². The number of benzene rings is 9. The van der Waals surface area contributed by atoms with Gasteiger partial charge in [0.1, 0.15) is 0 Å². The van der Waals surface area contributed by atoms with Crippen LogP contribution in [-0.2, 0) is 0 Å². The fourth-order valence-corrected chi connectivity index (χ4v) is 11.2. The summed E-state index contributed by atoms with van der Waals surface area (Å²) in [5.41, 5.74) is 12.5. The predicted molar refractivity (Wildman–Crippen MR) is 264 cm³/mol. The minimum Gasteiger partial charge on any atom is -0.208 e. The van der Waals surface area contributed by atoms with Crippen molar-refractivity contribution in [2.24, 2.45) is 0 Å². The molecule has 0 radical (unpaired) electrons. The van der Waals surface area contributed by atoms with E-state index in [2.05, 4.69) is 194 Å². The van der Waals surface area contributed by atoms with Crippen LogP contribution in [0.3, 0.4) is 0 Å². The van der Waals surface area contributed by atoms with Crippen LogP contribution in [0.15, 0.2) is 212 Å². The summed E-state index contributed by atoms with van der Waals surface area (Å²) >= 11 is 3.64. The van der Waals surface area contributed by atoms with E-state index in [0.29, 0.717) is 17.5 Å². The maximum atomic E-state index is 5.45. The van der Waals surface area contributed by atoms with E-state index < -0.39 is 0 Å². The van der Waals surface area contributed by atoms with Crippen LogP contribution < -0.4 is 0 Å². The van der Waals surface area contributed by atoms with Crippen LogP contribution in [0.1, 0.15) is 0 Å². The Kier molecular flexibility index (Phi) is 8.87. The van der Waals surface area contributed by atoms with E-state index in [0.717, 1.165) is 27.5 Å². The fourth-order valence-electron chi connectivity index (χ4n) is 8.88. The molecule has 0 N–H and O–H groups in total. The molecule has 0 amide bonds. The number of thiophene rings is 2. The Balaban J connectivity index is 1.11. The fraction of sp³-hybridized carbons (Fsp3) is 0. The average molecular weight is 826 g/mol. The van der Waals surface area contributed by atoms with Gasteiger partial charge in [0.05, 0.1) is 0 Å². The van der Waals surface area contributed by atoms with Gasteiger partial charge in [-0.05, 0) is 80.9 Å². The monoisotopic (exact) mass is 825 g/mol. The molecule has 12 aromatic rings. The van der Waals surface area contributed by atoms with Crippen molar-refractivity contribution in [3.05, 3.63) is 212 Å². The Morgan fingerprint density at radius 1 is 0.242 bits per heavy atom. The van der Waals surface area contributed by atoms with E-state index in [1.807, 2.05) is 40.9 Å². The highest BCUT2D eigenvalue weighted by Crippen LogP contribution is 2.47. The molecule has 0 aliphatic rings. The lowest BCUT2D eigenvalue weighted by atomic mass is 9.92. The van der Waals surface area contributed by atoms with Crippen molar-refractivity contribution in [3.8, 4) is 78.7 Å². The smallest absolute Gasteiger partial charge is 0.164 e. The quantitative estimate of drug-likeness (QED) is 0.161. The van der Waals surface area contributed by atoms with Gasteiger partial charge in [0.15, 0.2) is 17.5 Å². The predicted octanol–water partition coefficient (Wildman–Crippen LogP) is 16.3. The number of aromatic nitrogens is 3. The zero-order chi connectivity index (χ0) is 41.0. The molecule has 0 saturated heterocycles. The number of fused-ring (bicyclic) bond motifs is 6. The number of nitrogens with zero attached hydrogens (tertiary/aromatic N) is 3. The molecule has 0 fully saturated rings. The van der Waals surface area contributed by atoms with Crippen LogP contribution in [0.25, 0.3) is 119 Å². The highest BCUT2D eigenvalue weighted by atomic mass is 32.1. The molecule has 3 nitrogen and oxygen atoms in total. The average Bonchev–Trinajstić information content (AvgIpc) is 3.92. The van der Waals surface area contributed by atoms with Crippen molar-refractivity contribution < 1.29 is 0 Å². The van der Waals surface area contributed by atoms with Gasteiger partial charge in [-0.1, -0.05) is 176 Å². The highest BCUT2D eigenvalue weighted by Gasteiger charge is 2.22. The first-order valence-electron chi connectivity index (χ1n) is 20.8. The Hall–Kier alpha value is -7.57. The third-order valence-electron chi connectivity index (χ3n) is 11.8. The van der Waals surface area contributed by atoms with E-state index in [1.54, 1.807) is 0 Å². The number of hydrogen-bond acceptors (Lipinski definition) is 5. The van der Waals surface area contributed by atoms with Crippen molar-refractivity contribution in [2.45, 2.75) is 0 Å². The maximum absolute atomic E-state index is 5.45. The number of rotatable bonds is 7. The molecule has 62 heavy (non-hydrogen) atoms. The van der Waals surface area contributed by atoms with Gasteiger partial charge >= 0.3 is 0 Å². The maximum Gasteiger partial charge on any atom is 0.164 e. The molecule has 0 atom stereocenters. The molecule has 9 aromatic carbocycles. The minimum absolute atomic E-state index is 0.645. The molecular formula is C57H35N3S2. The first kappa shape index (κ1) is 36.3. The summed E-state index contributed by atoms with van der Waals surface area (Å²) in [7, 11) is 0. The molecule has 3 heterocycles. The van der Waals surface area contributed by atoms with Gasteiger partial charge in [-0.25, -0.2) is 15.0 Å². The molecule has 0 aliphatic carbocycles. The van der Waals surface area contributed by atoms with Crippen LogP contribution in [-0.4, -0.2) is 15.0 Å². The Labute approximate surface area is 366 Å². The molecule has 0 saturated carbocycles. The topological polar surface area (TPSA) is 38.7 Å². The molecule has 5 heteroatoms. The van der Waals surface area contributed by atoms with Crippen molar-refractivity contribution in [1.29, 1.82) is 0 Å². The lowest BCUT2D eigenvalue weighted by Crippen LogP contribution is -2.00. The largest absolute Gasteiger partial charge is 0.208 e. The molecular weight excluding hydrogens is 791 g/mol. The number of hydrogen-bond donors (Lipinski definition) is 0. The van der Waals surface area contributed by atoms with Crippen LogP contribution >= 0.6 is 22.7 Å². The summed E-state index contributed by atoms with van der Waals surface area (Å²) in [5.74, 6) is 1.95. The summed E-state index contributed by atoms with van der Waals surface area (Å²) < 4.78 is 4.83. The lowest BCUT2D eigenvalue weighted by Gasteiger charge is -2.13. The first-order chi connectivity index (χ1) is 30.7. The third kappa shape index (κ3) is 6.29. The molecule has 12 rings (SSSR count). The van der Waals surface area contributed by atoms with Crippen LogP contribution in [0.4, 0.5) is 0 Å². The molecule has 0 aliphatic heterocycles. The SMILES string of the molecule is c1ccc(-c2nc(-c3cccc4sc5cc(-c6ccccc6)c(-c6ccccc6)cc5c34)nc(-c3cccc4sc5cc(-c6ccccc6)c(-c6ccccc6)cc5c34)n2)cc1. The van der Waals surface area contributed by atoms with Crippen molar-refractivity contribution in [2.75, 3.05) is 0 Å². The molecule has 0 bridgehead atoms. The second-order valence-electron chi connectivity index (χ2n) is 15.5. The second-order valence-corrected chi connectivity index (χ2v) is 17.7. The summed E-state index contributed by atoms with van der Waals surface area (Å²) in [4.78, 5) is 16.0. The van der Waals surface area contributed by atoms with Crippen molar-refractivity contribution in [3.63, 3.8) is 0 Å². The summed E-state index contributed by atoms with van der Waals surface area (Å²) in [6.45, 7) is 0. The summed E-state index contributed by atoms with van der Waals surface area (Å²) in [6.07, 6.45) is 0. The van der Waals surface area contributed by atoms with Gasteiger partial charge in [0.2, 0.25) is 0 Å². The summed E-state index contributed by atoms with van der Waals surface area (Å²) in [5, 5.41) is 4.69. The van der Waals surface area contributed by atoms with Gasteiger partial charge in [-0.15, -0.1) is 22.7 Å². The van der Waals surface area contributed by atoms with E-state index in [-0.39, 0.29) is 0 Å². The highest BCUT2D eigenvalue weighted by molar-refractivity contribution is 7.26. The van der Waals surface area contributed by atoms with Gasteiger partial charge in [0.25, 0.3) is 0 Å². The standard InChI is InChI=1S/C57H35N3S2/c1-6-18-36(19-7-1)43-32-47-51(34-45(43)38-22-10-3-11-23-38)61-49-30-16-28-41(53(47)49)56-58-55(40-26-14-5-15-27-40)59-57(60-56)42-29-17-31-50-54(42)48-33-44(37-20-8-2-9-21-37)46(35-52(48)62-50)39-24-12-4-13-25-39/h1-35H. The molecule has 3 aromatic heterocycles. The van der Waals surface area contributed by atoms with Gasteiger partial charge < -0.3 is 0 Å². The third-order valence-corrected chi connectivity index (χ3v) is 14.0. The van der Waals surface area contributed by atoms with Gasteiger partial charge in [-0.2, -0.15) is 0 Å². The lowest BCUT2D eigenvalue weighted by molar-refractivity contribution is 1.08. The van der Waals surface area contributed by atoms with Crippen molar-refractivity contribution >= 4 is 63.0 Å². The first-order valence-corrected chi connectivity index (χ1v) is 22.4. The van der Waals surface area contributed by atoms with E-state index in [9.17, 15) is 0 Å². The Morgan fingerprint density at radius 3 is 0.935 bits per heavy atom. The Morgan fingerprint density at radius 2 is 0.565 bits per heavy atom. The van der Waals surface area contributed by atoms with Crippen LogP contribution in [0.5, 0.6) is 0 Å². The van der Waals surface area contributed by atoms with E-state index in [4.69, 9.17) is 15.0 Å². The summed E-state index contributed by atoms with van der Waals surface area (Å²) in [6, 6.07) is 75.7. The van der Waals surface area contributed by atoms with Crippen LogP contribution in [0.2, 0.25) is 0 Å². The zero-order valence-corrected chi connectivity index (χ0v) is 35.0. The zero-order valence-electron chi connectivity index (χ0n) is 33.4. The molecule has 0 unspecified atom stereocenters. The minimum atomic E-state index is 0.645. The van der Waals surface area contributed by atoms with Crippen molar-refractivity contribution in [1.82, 2.24) is 15.0 Å². The second kappa shape index (κ2) is 15.2. The normalized spacial score (nSPS) is 11.5. The van der Waals surface area contributed by atoms with E-state index in [1.165, 1.54) is 74.1 Å². The molecule has 0 spiro atoms. The molecule has 290 valence electrons. The Bertz CT molecular complexity index is 3380. The van der Waals surface area contributed by atoms with E-state index >= 15 is 0 Å². The van der Waals surface area contributed by atoms with Gasteiger partial charge in [-0.3, -0.25) is 0 Å².